The normalized spacial score (nSPS) is 18.0. The Hall–Kier alpha value is -0.860. The lowest BCUT2D eigenvalue weighted by Crippen LogP contribution is -2.48. The number of nitrogens with zero attached hydrogens (tertiary/aromatic N) is 2. The summed E-state index contributed by atoms with van der Waals surface area (Å²) in [6, 6.07) is 9.79. The van der Waals surface area contributed by atoms with Gasteiger partial charge in [-0.05, 0) is 30.9 Å². The van der Waals surface area contributed by atoms with Crippen LogP contribution in [0.5, 0.6) is 0 Å². The van der Waals surface area contributed by atoms with Gasteiger partial charge in [0.05, 0.1) is 0 Å². The fraction of sp³-hybridized carbons (Fsp3) is 0.684. The SMILES string of the molecule is CC.CCc1cccc(CN2CCN(C(C)CC)CC2)c1. The van der Waals surface area contributed by atoms with E-state index in [2.05, 4.69) is 54.8 Å². The first-order chi connectivity index (χ1) is 10.2. The molecule has 2 rings (SSSR count). The lowest BCUT2D eigenvalue weighted by Gasteiger charge is -2.37. The zero-order valence-corrected chi connectivity index (χ0v) is 14.7. The van der Waals surface area contributed by atoms with E-state index in [1.165, 1.54) is 43.7 Å². The van der Waals surface area contributed by atoms with Gasteiger partial charge < -0.3 is 0 Å². The monoisotopic (exact) mass is 290 g/mol. The molecule has 1 aromatic rings. The van der Waals surface area contributed by atoms with E-state index in [-0.39, 0.29) is 0 Å². The van der Waals surface area contributed by atoms with Crippen molar-refractivity contribution >= 4 is 0 Å². The Morgan fingerprint density at radius 1 is 1.00 bits per heavy atom. The van der Waals surface area contributed by atoms with Gasteiger partial charge in [0.1, 0.15) is 0 Å². The second-order valence-corrected chi connectivity index (χ2v) is 5.74. The molecule has 21 heavy (non-hydrogen) atoms. The average molecular weight is 290 g/mol. The summed E-state index contributed by atoms with van der Waals surface area (Å²) in [5, 5.41) is 0. The first-order valence-electron chi connectivity index (χ1n) is 8.77. The maximum absolute atomic E-state index is 2.62. The summed E-state index contributed by atoms with van der Waals surface area (Å²) in [4.78, 5) is 5.21. The van der Waals surface area contributed by atoms with Crippen LogP contribution >= 0.6 is 0 Å². The molecule has 1 heterocycles. The molecule has 2 nitrogen and oxygen atoms in total. The molecule has 0 spiro atoms. The highest BCUT2D eigenvalue weighted by Gasteiger charge is 2.19. The van der Waals surface area contributed by atoms with Gasteiger partial charge in [-0.25, -0.2) is 0 Å². The zero-order valence-electron chi connectivity index (χ0n) is 14.7. The van der Waals surface area contributed by atoms with E-state index in [1.807, 2.05) is 13.8 Å². The van der Waals surface area contributed by atoms with Crippen molar-refractivity contribution in [2.75, 3.05) is 26.2 Å². The molecule has 1 aliphatic rings. The summed E-state index contributed by atoms with van der Waals surface area (Å²) in [7, 11) is 0. The number of benzene rings is 1. The number of aryl methyl sites for hydroxylation is 1. The molecule has 1 fully saturated rings. The van der Waals surface area contributed by atoms with Gasteiger partial charge in [0, 0.05) is 38.8 Å². The largest absolute Gasteiger partial charge is 0.298 e. The van der Waals surface area contributed by atoms with E-state index in [9.17, 15) is 0 Å². The molecule has 0 bridgehead atoms. The Labute approximate surface area is 132 Å². The van der Waals surface area contributed by atoms with Crippen molar-refractivity contribution in [2.45, 2.75) is 60.0 Å². The van der Waals surface area contributed by atoms with Crippen molar-refractivity contribution < 1.29 is 0 Å². The molecule has 120 valence electrons. The molecule has 1 aliphatic heterocycles. The summed E-state index contributed by atoms with van der Waals surface area (Å²) < 4.78 is 0. The minimum absolute atomic E-state index is 0.741. The van der Waals surface area contributed by atoms with Crippen LogP contribution in [0.15, 0.2) is 24.3 Å². The van der Waals surface area contributed by atoms with E-state index in [0.29, 0.717) is 0 Å². The number of hydrogen-bond donors (Lipinski definition) is 0. The van der Waals surface area contributed by atoms with Gasteiger partial charge in [0.15, 0.2) is 0 Å². The zero-order chi connectivity index (χ0) is 15.7. The van der Waals surface area contributed by atoms with Crippen molar-refractivity contribution in [1.82, 2.24) is 9.80 Å². The van der Waals surface area contributed by atoms with Gasteiger partial charge in [0.2, 0.25) is 0 Å². The van der Waals surface area contributed by atoms with Crippen molar-refractivity contribution in [3.05, 3.63) is 35.4 Å². The molecule has 0 N–H and O–H groups in total. The van der Waals surface area contributed by atoms with Crippen LogP contribution in [0.3, 0.4) is 0 Å². The Morgan fingerprint density at radius 2 is 1.62 bits per heavy atom. The third-order valence-electron chi connectivity index (χ3n) is 4.43. The van der Waals surface area contributed by atoms with Gasteiger partial charge in [-0.2, -0.15) is 0 Å². The molecule has 1 atom stereocenters. The molecule has 0 saturated carbocycles. The van der Waals surface area contributed by atoms with Crippen molar-refractivity contribution in [3.8, 4) is 0 Å². The lowest BCUT2D eigenvalue weighted by molar-refractivity contribution is 0.0963. The van der Waals surface area contributed by atoms with E-state index in [0.717, 1.165) is 19.0 Å². The maximum Gasteiger partial charge on any atom is 0.0234 e. The molecule has 1 aromatic carbocycles. The number of rotatable bonds is 5. The summed E-state index contributed by atoms with van der Waals surface area (Å²) in [5.74, 6) is 0. The second-order valence-electron chi connectivity index (χ2n) is 5.74. The van der Waals surface area contributed by atoms with Crippen molar-refractivity contribution in [2.24, 2.45) is 0 Å². The topological polar surface area (TPSA) is 6.48 Å². The van der Waals surface area contributed by atoms with Gasteiger partial charge in [-0.1, -0.05) is 52.0 Å². The molecule has 0 radical (unpaired) electrons. The first-order valence-corrected chi connectivity index (χ1v) is 8.77. The van der Waals surface area contributed by atoms with Crippen LogP contribution in [-0.4, -0.2) is 42.0 Å². The van der Waals surface area contributed by atoms with E-state index < -0.39 is 0 Å². The Balaban J connectivity index is 0.00000106. The van der Waals surface area contributed by atoms with Gasteiger partial charge in [-0.3, -0.25) is 9.80 Å². The number of piperazine rings is 1. The summed E-state index contributed by atoms with van der Waals surface area (Å²) in [6.45, 7) is 16.8. The highest BCUT2D eigenvalue weighted by molar-refractivity contribution is 5.23. The summed E-state index contributed by atoms with van der Waals surface area (Å²) >= 11 is 0. The quantitative estimate of drug-likeness (QED) is 0.802. The molecular weight excluding hydrogens is 256 g/mol. The summed E-state index contributed by atoms with van der Waals surface area (Å²) in [6.07, 6.45) is 2.40. The van der Waals surface area contributed by atoms with Crippen LogP contribution in [0, 0.1) is 0 Å². The Kier molecular flexibility index (Phi) is 8.63. The minimum Gasteiger partial charge on any atom is -0.298 e. The minimum atomic E-state index is 0.741. The van der Waals surface area contributed by atoms with Crippen LogP contribution in [-0.2, 0) is 13.0 Å². The summed E-state index contributed by atoms with van der Waals surface area (Å²) in [5.41, 5.74) is 2.92. The van der Waals surface area contributed by atoms with E-state index >= 15 is 0 Å². The van der Waals surface area contributed by atoms with Crippen LogP contribution < -0.4 is 0 Å². The van der Waals surface area contributed by atoms with E-state index in [4.69, 9.17) is 0 Å². The third-order valence-corrected chi connectivity index (χ3v) is 4.43. The average Bonchev–Trinajstić information content (AvgIpc) is 2.57. The van der Waals surface area contributed by atoms with Crippen molar-refractivity contribution in [1.29, 1.82) is 0 Å². The molecular formula is C19H34N2. The fourth-order valence-electron chi connectivity index (χ4n) is 2.83. The Bertz CT molecular complexity index is 381. The Morgan fingerprint density at radius 3 is 2.19 bits per heavy atom. The fourth-order valence-corrected chi connectivity index (χ4v) is 2.83. The van der Waals surface area contributed by atoms with Crippen LogP contribution in [0.25, 0.3) is 0 Å². The van der Waals surface area contributed by atoms with Gasteiger partial charge >= 0.3 is 0 Å². The molecule has 0 aliphatic carbocycles. The van der Waals surface area contributed by atoms with Crippen LogP contribution in [0.4, 0.5) is 0 Å². The van der Waals surface area contributed by atoms with Gasteiger partial charge in [0.25, 0.3) is 0 Å². The highest BCUT2D eigenvalue weighted by Crippen LogP contribution is 2.13. The predicted molar refractivity (Wildman–Crippen MR) is 93.8 cm³/mol. The highest BCUT2D eigenvalue weighted by atomic mass is 15.3. The van der Waals surface area contributed by atoms with Crippen LogP contribution in [0.2, 0.25) is 0 Å². The predicted octanol–water partition coefficient (Wildman–Crippen LogP) is 4.19. The number of hydrogen-bond acceptors (Lipinski definition) is 2. The van der Waals surface area contributed by atoms with Crippen molar-refractivity contribution in [3.63, 3.8) is 0 Å². The lowest BCUT2D eigenvalue weighted by atomic mass is 10.1. The van der Waals surface area contributed by atoms with E-state index in [1.54, 1.807) is 0 Å². The van der Waals surface area contributed by atoms with Crippen LogP contribution in [0.1, 0.15) is 52.2 Å². The molecule has 1 saturated heterocycles. The molecule has 0 aromatic heterocycles. The van der Waals surface area contributed by atoms with Gasteiger partial charge in [-0.15, -0.1) is 0 Å². The molecule has 2 heteroatoms. The smallest absolute Gasteiger partial charge is 0.0234 e. The molecule has 1 unspecified atom stereocenters. The maximum atomic E-state index is 2.62. The third kappa shape index (κ3) is 5.80. The second kappa shape index (κ2) is 9.97. The first kappa shape index (κ1) is 18.2. The molecule has 0 amide bonds. The standard InChI is InChI=1S/C17H28N2.C2H6/c1-4-15(3)19-11-9-18(10-12-19)14-17-8-6-7-16(5-2)13-17;1-2/h6-8,13,15H,4-5,9-12,14H2,1-3H3;1-2H3.